The minimum atomic E-state index is -4.48. The first-order valence-corrected chi connectivity index (χ1v) is 5.23. The monoisotopic (exact) mass is 294 g/mol. The molecule has 0 spiro atoms. The van der Waals surface area contributed by atoms with E-state index in [9.17, 15) is 18.0 Å². The van der Waals surface area contributed by atoms with Gasteiger partial charge in [-0.05, 0) is 22.0 Å². The molecule has 3 nitrogen and oxygen atoms in total. The van der Waals surface area contributed by atoms with Crippen molar-refractivity contribution in [3.63, 3.8) is 0 Å². The number of halogens is 4. The number of fused-ring (bicyclic) bond motifs is 1. The van der Waals surface area contributed by atoms with Crippen molar-refractivity contribution in [2.45, 2.75) is 19.0 Å². The quantitative estimate of drug-likeness (QED) is 0.748. The maximum Gasteiger partial charge on any atom is 0.419 e. The van der Waals surface area contributed by atoms with Crippen molar-refractivity contribution >= 4 is 27.5 Å². The molecule has 1 N–H and O–H groups in total. The zero-order chi connectivity index (χ0) is 11.9. The Labute approximate surface area is 97.2 Å². The summed E-state index contributed by atoms with van der Waals surface area (Å²) in [4.78, 5) is 14.8. The highest BCUT2D eigenvalue weighted by atomic mass is 79.9. The standard InChI is InChI=1S/C9H6BrF3N2O/c10-8-4(9(11,12)13)3-6-5(15-8)1-2-7(16)14-6/h3H,1-2H2,(H,14,16). The van der Waals surface area contributed by atoms with E-state index in [0.717, 1.165) is 6.07 Å². The molecule has 2 rings (SSSR count). The molecule has 86 valence electrons. The van der Waals surface area contributed by atoms with Gasteiger partial charge in [-0.25, -0.2) is 4.98 Å². The van der Waals surface area contributed by atoms with Crippen LogP contribution in [-0.2, 0) is 17.4 Å². The summed E-state index contributed by atoms with van der Waals surface area (Å²) in [6.45, 7) is 0. The van der Waals surface area contributed by atoms with E-state index in [1.54, 1.807) is 0 Å². The van der Waals surface area contributed by atoms with Crippen molar-refractivity contribution in [3.05, 3.63) is 21.9 Å². The van der Waals surface area contributed by atoms with Gasteiger partial charge in [0.2, 0.25) is 5.91 Å². The molecular formula is C9H6BrF3N2O. The topological polar surface area (TPSA) is 42.0 Å². The van der Waals surface area contributed by atoms with Gasteiger partial charge in [-0.2, -0.15) is 13.2 Å². The Balaban J connectivity index is 2.51. The molecule has 0 atom stereocenters. The van der Waals surface area contributed by atoms with Crippen LogP contribution in [0.4, 0.5) is 18.9 Å². The second-order valence-electron chi connectivity index (χ2n) is 3.37. The fourth-order valence-electron chi connectivity index (χ4n) is 1.47. The van der Waals surface area contributed by atoms with Gasteiger partial charge in [0, 0.05) is 12.8 Å². The van der Waals surface area contributed by atoms with Crippen molar-refractivity contribution in [2.24, 2.45) is 0 Å². The number of carbonyl (C=O) groups excluding carboxylic acids is 1. The van der Waals surface area contributed by atoms with E-state index in [-0.39, 0.29) is 22.6 Å². The SMILES string of the molecule is O=C1CCc2nc(Br)c(C(F)(F)F)cc2N1. The Morgan fingerprint density at radius 1 is 1.38 bits per heavy atom. The number of aryl methyl sites for hydroxylation is 1. The van der Waals surface area contributed by atoms with Crippen LogP contribution < -0.4 is 5.32 Å². The number of nitrogens with one attached hydrogen (secondary N) is 1. The lowest BCUT2D eigenvalue weighted by Crippen LogP contribution is -2.21. The molecule has 0 saturated carbocycles. The lowest BCUT2D eigenvalue weighted by Gasteiger charge is -2.18. The van der Waals surface area contributed by atoms with Crippen molar-refractivity contribution < 1.29 is 18.0 Å². The largest absolute Gasteiger partial charge is 0.419 e. The van der Waals surface area contributed by atoms with Gasteiger partial charge in [0.05, 0.1) is 16.9 Å². The van der Waals surface area contributed by atoms with E-state index in [1.165, 1.54) is 0 Å². The minimum Gasteiger partial charge on any atom is -0.324 e. The number of hydrogen-bond acceptors (Lipinski definition) is 2. The summed E-state index contributed by atoms with van der Waals surface area (Å²) >= 11 is 2.78. The molecule has 1 aromatic rings. The van der Waals surface area contributed by atoms with Crippen molar-refractivity contribution in [3.8, 4) is 0 Å². The molecule has 0 bridgehead atoms. The molecule has 1 amide bonds. The van der Waals surface area contributed by atoms with Crippen LogP contribution in [0.15, 0.2) is 10.7 Å². The van der Waals surface area contributed by atoms with E-state index in [4.69, 9.17) is 0 Å². The third-order valence-corrected chi connectivity index (χ3v) is 2.83. The summed E-state index contributed by atoms with van der Waals surface area (Å²) in [6.07, 6.45) is -3.88. The maximum absolute atomic E-state index is 12.5. The van der Waals surface area contributed by atoms with Crippen molar-refractivity contribution in [2.75, 3.05) is 5.32 Å². The Bertz CT molecular complexity index is 459. The van der Waals surface area contributed by atoms with Gasteiger partial charge in [-0.3, -0.25) is 4.79 Å². The van der Waals surface area contributed by atoms with Crippen LogP contribution in [-0.4, -0.2) is 10.9 Å². The number of alkyl halides is 3. The van der Waals surface area contributed by atoms with Gasteiger partial charge in [0.1, 0.15) is 4.60 Å². The van der Waals surface area contributed by atoms with E-state index in [0.29, 0.717) is 12.1 Å². The maximum atomic E-state index is 12.5. The van der Waals surface area contributed by atoms with Gasteiger partial charge in [-0.1, -0.05) is 0 Å². The Morgan fingerprint density at radius 3 is 2.69 bits per heavy atom. The number of hydrogen-bond donors (Lipinski definition) is 1. The molecule has 0 aliphatic carbocycles. The first-order valence-electron chi connectivity index (χ1n) is 4.44. The molecule has 0 radical (unpaired) electrons. The van der Waals surface area contributed by atoms with Gasteiger partial charge >= 0.3 is 6.18 Å². The number of pyridine rings is 1. The summed E-state index contributed by atoms with van der Waals surface area (Å²) in [7, 11) is 0. The average Bonchev–Trinajstić information content (AvgIpc) is 2.16. The molecule has 1 aliphatic rings. The van der Waals surface area contributed by atoms with Gasteiger partial charge < -0.3 is 5.32 Å². The minimum absolute atomic E-state index is 0.145. The Kier molecular flexibility index (Phi) is 2.65. The van der Waals surface area contributed by atoms with Gasteiger partial charge in [0.15, 0.2) is 0 Å². The number of rotatable bonds is 0. The van der Waals surface area contributed by atoms with Gasteiger partial charge in [-0.15, -0.1) is 0 Å². The van der Waals surface area contributed by atoms with E-state index in [2.05, 4.69) is 26.2 Å². The zero-order valence-electron chi connectivity index (χ0n) is 7.86. The Morgan fingerprint density at radius 2 is 2.06 bits per heavy atom. The first kappa shape index (κ1) is 11.4. The van der Waals surface area contributed by atoms with Crippen LogP contribution in [0, 0.1) is 0 Å². The normalized spacial score (nSPS) is 15.6. The molecule has 0 fully saturated rings. The smallest absolute Gasteiger partial charge is 0.324 e. The molecule has 16 heavy (non-hydrogen) atoms. The summed E-state index contributed by atoms with van der Waals surface area (Å²) in [5.74, 6) is -0.287. The molecule has 1 aromatic heterocycles. The number of carbonyl (C=O) groups is 1. The third-order valence-electron chi connectivity index (χ3n) is 2.22. The van der Waals surface area contributed by atoms with E-state index in [1.807, 2.05) is 0 Å². The number of amides is 1. The highest BCUT2D eigenvalue weighted by Crippen LogP contribution is 2.37. The van der Waals surface area contributed by atoms with Crippen LogP contribution in [0.5, 0.6) is 0 Å². The van der Waals surface area contributed by atoms with Gasteiger partial charge in [0.25, 0.3) is 0 Å². The molecule has 0 saturated heterocycles. The molecule has 2 heterocycles. The van der Waals surface area contributed by atoms with Crippen molar-refractivity contribution in [1.82, 2.24) is 4.98 Å². The summed E-state index contributed by atoms with van der Waals surface area (Å²) < 4.78 is 37.4. The predicted molar refractivity (Wildman–Crippen MR) is 53.9 cm³/mol. The number of anilines is 1. The molecule has 1 aliphatic heterocycles. The van der Waals surface area contributed by atoms with Crippen LogP contribution in [0.25, 0.3) is 0 Å². The summed E-state index contributed by atoms with van der Waals surface area (Å²) in [6, 6.07) is 0.906. The summed E-state index contributed by atoms with van der Waals surface area (Å²) in [5, 5.41) is 2.38. The average molecular weight is 295 g/mol. The molecule has 0 aromatic carbocycles. The van der Waals surface area contributed by atoms with Crippen LogP contribution in [0.3, 0.4) is 0 Å². The second kappa shape index (κ2) is 3.73. The number of nitrogens with zero attached hydrogens (tertiary/aromatic N) is 1. The fraction of sp³-hybridized carbons (Fsp3) is 0.333. The molecular weight excluding hydrogens is 289 g/mol. The molecule has 0 unspecified atom stereocenters. The highest BCUT2D eigenvalue weighted by molar-refractivity contribution is 9.10. The highest BCUT2D eigenvalue weighted by Gasteiger charge is 2.35. The fourth-order valence-corrected chi connectivity index (χ4v) is 2.02. The summed E-state index contributed by atoms with van der Waals surface area (Å²) in [5.41, 5.74) is -0.264. The van der Waals surface area contributed by atoms with E-state index >= 15 is 0 Å². The lowest BCUT2D eigenvalue weighted by atomic mass is 10.1. The first-order chi connectivity index (χ1) is 7.38. The third kappa shape index (κ3) is 2.04. The number of aromatic nitrogens is 1. The van der Waals surface area contributed by atoms with Crippen LogP contribution in [0.1, 0.15) is 17.7 Å². The lowest BCUT2D eigenvalue weighted by molar-refractivity contribution is -0.138. The predicted octanol–water partition coefficient (Wildman–Crippen LogP) is 2.75. The van der Waals surface area contributed by atoms with Crippen LogP contribution in [0.2, 0.25) is 0 Å². The molecule has 7 heteroatoms. The second-order valence-corrected chi connectivity index (χ2v) is 4.12. The zero-order valence-corrected chi connectivity index (χ0v) is 9.44. The van der Waals surface area contributed by atoms with Crippen molar-refractivity contribution in [1.29, 1.82) is 0 Å². The van der Waals surface area contributed by atoms with Crippen LogP contribution >= 0.6 is 15.9 Å². The Hall–Kier alpha value is -1.11. The van der Waals surface area contributed by atoms with E-state index < -0.39 is 11.7 Å².